The van der Waals surface area contributed by atoms with Crippen molar-refractivity contribution in [1.82, 2.24) is 4.90 Å². The Labute approximate surface area is 145 Å². The zero-order chi connectivity index (χ0) is 14.7. The van der Waals surface area contributed by atoms with E-state index in [1.807, 2.05) is 17.0 Å². The van der Waals surface area contributed by atoms with Crippen LogP contribution in [-0.4, -0.2) is 16.8 Å². The first-order valence-corrected chi connectivity index (χ1v) is 9.07. The van der Waals surface area contributed by atoms with Crippen LogP contribution in [0.2, 0.25) is 0 Å². The molecule has 1 amide bonds. The molecule has 0 aromatic carbocycles. The molecule has 2 heterocycles. The van der Waals surface area contributed by atoms with Gasteiger partial charge in [-0.2, -0.15) is 0 Å². The van der Waals surface area contributed by atoms with E-state index < -0.39 is 0 Å². The van der Waals surface area contributed by atoms with Crippen molar-refractivity contribution in [2.24, 2.45) is 11.7 Å². The maximum atomic E-state index is 12.8. The lowest BCUT2D eigenvalue weighted by Crippen LogP contribution is -2.34. The van der Waals surface area contributed by atoms with Crippen LogP contribution in [0.15, 0.2) is 35.0 Å². The lowest BCUT2D eigenvalue weighted by Gasteiger charge is -2.25. The molecule has 22 heavy (non-hydrogen) atoms. The number of halogens is 1. The molecule has 2 atom stereocenters. The molecular weight excluding hydrogens is 336 g/mol. The normalized spacial score (nSPS) is 20.6. The molecule has 0 spiro atoms. The summed E-state index contributed by atoms with van der Waals surface area (Å²) >= 11 is 3.42. The van der Waals surface area contributed by atoms with E-state index in [-0.39, 0.29) is 30.3 Å². The molecule has 0 aliphatic heterocycles. The average molecular weight is 357 g/mol. The molecule has 2 aromatic heterocycles. The van der Waals surface area contributed by atoms with Crippen LogP contribution in [0.25, 0.3) is 0 Å². The first-order chi connectivity index (χ1) is 10.2. The number of amides is 1. The molecule has 1 aliphatic rings. The van der Waals surface area contributed by atoms with Crippen LogP contribution in [0.1, 0.15) is 29.0 Å². The van der Waals surface area contributed by atoms with E-state index >= 15 is 0 Å². The zero-order valence-corrected chi connectivity index (χ0v) is 14.8. The molecule has 2 N–H and O–H groups in total. The Morgan fingerprint density at radius 3 is 2.14 bits per heavy atom. The maximum Gasteiger partial charge on any atom is 0.226 e. The quantitative estimate of drug-likeness (QED) is 0.883. The molecule has 2 aromatic rings. The largest absolute Gasteiger partial charge is 0.332 e. The van der Waals surface area contributed by atoms with Crippen molar-refractivity contribution in [1.29, 1.82) is 0 Å². The molecular formula is C16H21ClN2OS2. The fourth-order valence-corrected chi connectivity index (χ4v) is 4.33. The van der Waals surface area contributed by atoms with Crippen LogP contribution in [0.5, 0.6) is 0 Å². The predicted molar refractivity (Wildman–Crippen MR) is 95.5 cm³/mol. The molecule has 0 saturated heterocycles. The topological polar surface area (TPSA) is 46.3 Å². The van der Waals surface area contributed by atoms with E-state index in [0.717, 1.165) is 19.3 Å². The van der Waals surface area contributed by atoms with Gasteiger partial charge in [0, 0.05) is 21.7 Å². The minimum atomic E-state index is 0. The van der Waals surface area contributed by atoms with Crippen molar-refractivity contribution in [3.8, 4) is 0 Å². The van der Waals surface area contributed by atoms with E-state index in [0.29, 0.717) is 13.1 Å². The summed E-state index contributed by atoms with van der Waals surface area (Å²) in [7, 11) is 0. The van der Waals surface area contributed by atoms with Gasteiger partial charge in [-0.05, 0) is 42.2 Å². The molecule has 1 saturated carbocycles. The molecule has 3 rings (SSSR count). The van der Waals surface area contributed by atoms with Crippen molar-refractivity contribution in [3.63, 3.8) is 0 Å². The monoisotopic (exact) mass is 356 g/mol. The summed E-state index contributed by atoms with van der Waals surface area (Å²) in [6.07, 6.45) is 2.75. The van der Waals surface area contributed by atoms with Crippen molar-refractivity contribution >= 4 is 41.0 Å². The Bertz CT molecular complexity index is 535. The first-order valence-electron chi connectivity index (χ1n) is 7.31. The molecule has 1 aliphatic carbocycles. The number of carbonyl (C=O) groups excluding carboxylic acids is 1. The van der Waals surface area contributed by atoms with Gasteiger partial charge in [-0.1, -0.05) is 12.1 Å². The van der Waals surface area contributed by atoms with Crippen LogP contribution in [0.3, 0.4) is 0 Å². The van der Waals surface area contributed by atoms with Gasteiger partial charge in [0.1, 0.15) is 0 Å². The Hall–Kier alpha value is -0.880. The van der Waals surface area contributed by atoms with Gasteiger partial charge in [-0.25, -0.2) is 0 Å². The van der Waals surface area contributed by atoms with Crippen LogP contribution in [-0.2, 0) is 17.9 Å². The van der Waals surface area contributed by atoms with Gasteiger partial charge in [0.2, 0.25) is 5.91 Å². The summed E-state index contributed by atoms with van der Waals surface area (Å²) in [6, 6.07) is 8.47. The smallest absolute Gasteiger partial charge is 0.226 e. The van der Waals surface area contributed by atoms with Gasteiger partial charge in [0.25, 0.3) is 0 Å². The lowest BCUT2D eigenvalue weighted by molar-refractivity contribution is -0.136. The van der Waals surface area contributed by atoms with E-state index in [9.17, 15) is 4.79 Å². The van der Waals surface area contributed by atoms with E-state index in [1.54, 1.807) is 22.7 Å². The summed E-state index contributed by atoms with van der Waals surface area (Å²) in [4.78, 5) is 17.3. The van der Waals surface area contributed by atoms with E-state index in [2.05, 4.69) is 22.9 Å². The minimum Gasteiger partial charge on any atom is -0.332 e. The molecule has 120 valence electrons. The third-order valence-corrected chi connectivity index (χ3v) is 5.71. The van der Waals surface area contributed by atoms with Gasteiger partial charge < -0.3 is 10.6 Å². The maximum absolute atomic E-state index is 12.8. The molecule has 6 heteroatoms. The number of nitrogens with two attached hydrogens (primary N) is 1. The number of hydrogen-bond donors (Lipinski definition) is 1. The molecule has 0 bridgehead atoms. The SMILES string of the molecule is Cl.NC1CCC(C(=O)N(Cc2cccs2)Cc2cccs2)C1. The lowest BCUT2D eigenvalue weighted by atomic mass is 10.1. The third kappa shape index (κ3) is 4.32. The van der Waals surface area contributed by atoms with Crippen LogP contribution in [0.4, 0.5) is 0 Å². The first kappa shape index (κ1) is 17.5. The highest BCUT2D eigenvalue weighted by Gasteiger charge is 2.31. The van der Waals surface area contributed by atoms with Gasteiger partial charge in [0.05, 0.1) is 13.1 Å². The number of nitrogens with zero attached hydrogens (tertiary/aromatic N) is 1. The van der Waals surface area contributed by atoms with Gasteiger partial charge >= 0.3 is 0 Å². The number of hydrogen-bond acceptors (Lipinski definition) is 4. The Balaban J connectivity index is 0.00000176. The summed E-state index contributed by atoms with van der Waals surface area (Å²) in [5.74, 6) is 0.379. The summed E-state index contributed by atoms with van der Waals surface area (Å²) in [5, 5.41) is 4.13. The number of rotatable bonds is 5. The van der Waals surface area contributed by atoms with Crippen LogP contribution in [0, 0.1) is 5.92 Å². The van der Waals surface area contributed by atoms with Crippen LogP contribution >= 0.6 is 35.1 Å². The number of carbonyl (C=O) groups is 1. The summed E-state index contributed by atoms with van der Waals surface area (Å²) < 4.78 is 0. The van der Waals surface area contributed by atoms with Crippen molar-refractivity contribution < 1.29 is 4.79 Å². The second-order valence-electron chi connectivity index (χ2n) is 5.62. The molecule has 3 nitrogen and oxygen atoms in total. The molecule has 0 radical (unpaired) electrons. The highest BCUT2D eigenvalue weighted by Crippen LogP contribution is 2.28. The van der Waals surface area contributed by atoms with Crippen molar-refractivity contribution in [2.75, 3.05) is 0 Å². The van der Waals surface area contributed by atoms with Gasteiger partial charge in [-0.15, -0.1) is 35.1 Å². The average Bonchev–Trinajstić information content (AvgIpc) is 3.19. The Morgan fingerprint density at radius 2 is 1.73 bits per heavy atom. The fourth-order valence-electron chi connectivity index (χ4n) is 2.89. The van der Waals surface area contributed by atoms with Gasteiger partial charge in [-0.3, -0.25) is 4.79 Å². The fraction of sp³-hybridized carbons (Fsp3) is 0.438. The minimum absolute atomic E-state index is 0. The van der Waals surface area contributed by atoms with E-state index in [4.69, 9.17) is 5.73 Å². The third-order valence-electron chi connectivity index (χ3n) is 3.99. The summed E-state index contributed by atoms with van der Waals surface area (Å²) in [6.45, 7) is 1.42. The highest BCUT2D eigenvalue weighted by molar-refractivity contribution is 7.10. The standard InChI is InChI=1S/C16H20N2OS2.ClH/c17-13-6-5-12(9-13)16(19)18(10-14-3-1-7-20-14)11-15-4-2-8-21-15;/h1-4,7-8,12-13H,5-6,9-11,17H2;1H. The second kappa shape index (κ2) is 8.11. The number of thiophene rings is 2. The molecule has 1 fully saturated rings. The van der Waals surface area contributed by atoms with Crippen molar-refractivity contribution in [3.05, 3.63) is 44.8 Å². The molecule has 2 unspecified atom stereocenters. The van der Waals surface area contributed by atoms with E-state index in [1.165, 1.54) is 9.75 Å². The highest BCUT2D eigenvalue weighted by atomic mass is 35.5. The predicted octanol–water partition coefficient (Wildman–Crippen LogP) is 3.89. The van der Waals surface area contributed by atoms with Crippen molar-refractivity contribution in [2.45, 2.75) is 38.4 Å². The Morgan fingerprint density at radius 1 is 1.14 bits per heavy atom. The summed E-state index contributed by atoms with van der Waals surface area (Å²) in [5.41, 5.74) is 5.97. The zero-order valence-electron chi connectivity index (χ0n) is 12.3. The Kier molecular flexibility index (Phi) is 6.44. The van der Waals surface area contributed by atoms with Crippen LogP contribution < -0.4 is 5.73 Å². The second-order valence-corrected chi connectivity index (χ2v) is 7.69. The van der Waals surface area contributed by atoms with Gasteiger partial charge in [0.15, 0.2) is 0 Å².